The molecule has 1 aliphatic heterocycles. The fourth-order valence-corrected chi connectivity index (χ4v) is 2.43. The molecule has 2 atom stereocenters. The van der Waals surface area contributed by atoms with Gasteiger partial charge >= 0.3 is 0 Å². The number of ether oxygens (including phenoxy) is 1. The van der Waals surface area contributed by atoms with Crippen LogP contribution in [-0.4, -0.2) is 24.1 Å². The van der Waals surface area contributed by atoms with Crippen LogP contribution in [0.2, 0.25) is 0 Å². The highest BCUT2D eigenvalue weighted by Crippen LogP contribution is 2.30. The molecule has 2 rings (SSSR count). The van der Waals surface area contributed by atoms with Gasteiger partial charge in [-0.3, -0.25) is 0 Å². The van der Waals surface area contributed by atoms with E-state index >= 15 is 0 Å². The molecule has 1 aliphatic carbocycles. The molecule has 0 amide bonds. The topological polar surface area (TPSA) is 21.6 Å². The summed E-state index contributed by atoms with van der Waals surface area (Å²) >= 11 is 1.63. The summed E-state index contributed by atoms with van der Waals surface area (Å²) in [5.41, 5.74) is 0. The van der Waals surface area contributed by atoms with Gasteiger partial charge < -0.3 is 4.74 Å². The van der Waals surface area contributed by atoms with Crippen LogP contribution in [-0.2, 0) is 4.74 Å². The first kappa shape index (κ1) is 8.42. The van der Waals surface area contributed by atoms with Crippen LogP contribution in [0.5, 0.6) is 0 Å². The van der Waals surface area contributed by atoms with Crippen LogP contribution in [0.25, 0.3) is 0 Å². The van der Waals surface area contributed by atoms with E-state index in [9.17, 15) is 0 Å². The van der Waals surface area contributed by atoms with Gasteiger partial charge in [0.15, 0.2) is 0 Å². The first-order valence-corrected chi connectivity index (χ1v) is 5.87. The van der Waals surface area contributed by atoms with E-state index in [1.165, 1.54) is 25.7 Å². The van der Waals surface area contributed by atoms with Crippen molar-refractivity contribution in [2.45, 2.75) is 31.8 Å². The lowest BCUT2D eigenvalue weighted by atomic mass is 9.86. The van der Waals surface area contributed by atoms with Crippen molar-refractivity contribution in [3.63, 3.8) is 0 Å². The SMILES string of the molecule is CSC1=NC[C@H]2CCCC[C@@H]2O1. The zero-order valence-corrected chi connectivity index (χ0v) is 8.27. The van der Waals surface area contributed by atoms with Gasteiger partial charge in [0.25, 0.3) is 0 Å². The van der Waals surface area contributed by atoms with E-state index in [-0.39, 0.29) is 0 Å². The Morgan fingerprint density at radius 2 is 2.25 bits per heavy atom. The molecule has 1 saturated carbocycles. The lowest BCUT2D eigenvalue weighted by Crippen LogP contribution is -2.34. The minimum absolute atomic E-state index is 0.485. The van der Waals surface area contributed by atoms with Gasteiger partial charge in [-0.2, -0.15) is 0 Å². The molecule has 0 radical (unpaired) electrons. The van der Waals surface area contributed by atoms with E-state index in [2.05, 4.69) is 4.99 Å². The molecule has 0 aromatic rings. The minimum atomic E-state index is 0.485. The quantitative estimate of drug-likeness (QED) is 0.577. The highest BCUT2D eigenvalue weighted by molar-refractivity contribution is 8.12. The average Bonchev–Trinajstić information content (AvgIpc) is 2.17. The van der Waals surface area contributed by atoms with Crippen molar-refractivity contribution in [2.24, 2.45) is 10.9 Å². The van der Waals surface area contributed by atoms with Crippen molar-refractivity contribution in [3.05, 3.63) is 0 Å². The van der Waals surface area contributed by atoms with Gasteiger partial charge in [0.1, 0.15) is 6.10 Å². The molecule has 12 heavy (non-hydrogen) atoms. The van der Waals surface area contributed by atoms with Crippen LogP contribution in [0.1, 0.15) is 25.7 Å². The zero-order valence-electron chi connectivity index (χ0n) is 7.45. The van der Waals surface area contributed by atoms with Gasteiger partial charge in [-0.15, -0.1) is 0 Å². The normalized spacial score (nSPS) is 34.9. The summed E-state index contributed by atoms with van der Waals surface area (Å²) in [6, 6.07) is 0. The maximum absolute atomic E-state index is 5.75. The Kier molecular flexibility index (Phi) is 2.59. The molecule has 2 nitrogen and oxygen atoms in total. The maximum atomic E-state index is 5.75. The zero-order chi connectivity index (χ0) is 8.39. The van der Waals surface area contributed by atoms with E-state index < -0.39 is 0 Å². The van der Waals surface area contributed by atoms with Crippen LogP contribution >= 0.6 is 11.8 Å². The molecule has 2 aliphatic rings. The summed E-state index contributed by atoms with van der Waals surface area (Å²) in [6.45, 7) is 1.00. The van der Waals surface area contributed by atoms with E-state index in [0.29, 0.717) is 6.10 Å². The molecular weight excluding hydrogens is 170 g/mol. The van der Waals surface area contributed by atoms with Crippen molar-refractivity contribution < 1.29 is 4.74 Å². The van der Waals surface area contributed by atoms with Gasteiger partial charge in [0.2, 0.25) is 5.23 Å². The fraction of sp³-hybridized carbons (Fsp3) is 0.889. The predicted molar refractivity (Wildman–Crippen MR) is 52.6 cm³/mol. The third-order valence-electron chi connectivity index (χ3n) is 2.72. The number of hydrogen-bond acceptors (Lipinski definition) is 3. The Hall–Kier alpha value is -0.180. The molecule has 0 saturated heterocycles. The van der Waals surface area contributed by atoms with Crippen molar-refractivity contribution in [1.29, 1.82) is 0 Å². The van der Waals surface area contributed by atoms with Gasteiger partial charge in [-0.05, 0) is 25.5 Å². The Balaban J connectivity index is 2.00. The summed E-state index contributed by atoms with van der Waals surface area (Å²) < 4.78 is 5.75. The fourth-order valence-electron chi connectivity index (χ4n) is 2.01. The minimum Gasteiger partial charge on any atom is -0.469 e. The lowest BCUT2D eigenvalue weighted by molar-refractivity contribution is 0.0772. The number of thioether (sulfide) groups is 1. The molecule has 0 spiro atoms. The summed E-state index contributed by atoms with van der Waals surface area (Å²) in [6.07, 6.45) is 7.78. The number of hydrogen-bond donors (Lipinski definition) is 0. The van der Waals surface area contributed by atoms with Crippen LogP contribution in [0.4, 0.5) is 0 Å². The summed E-state index contributed by atoms with van der Waals surface area (Å²) in [7, 11) is 0. The predicted octanol–water partition coefficient (Wildman–Crippen LogP) is 2.29. The van der Waals surface area contributed by atoms with Gasteiger partial charge in [-0.1, -0.05) is 18.2 Å². The van der Waals surface area contributed by atoms with Gasteiger partial charge in [0.05, 0.1) is 0 Å². The number of aliphatic imine (C=N–C) groups is 1. The molecule has 0 unspecified atom stereocenters. The second kappa shape index (κ2) is 3.69. The van der Waals surface area contributed by atoms with Gasteiger partial charge in [-0.25, -0.2) is 4.99 Å². The Bertz CT molecular complexity index is 193. The highest BCUT2D eigenvalue weighted by Gasteiger charge is 2.30. The monoisotopic (exact) mass is 185 g/mol. The Morgan fingerprint density at radius 3 is 3.08 bits per heavy atom. The molecule has 0 aromatic carbocycles. The van der Waals surface area contributed by atoms with E-state index in [4.69, 9.17) is 4.74 Å². The number of fused-ring (bicyclic) bond motifs is 1. The first-order valence-electron chi connectivity index (χ1n) is 4.65. The van der Waals surface area contributed by atoms with Crippen LogP contribution in [0.15, 0.2) is 4.99 Å². The molecular formula is C9H15NOS. The molecule has 1 heterocycles. The van der Waals surface area contributed by atoms with Crippen molar-refractivity contribution in [2.75, 3.05) is 12.8 Å². The molecule has 0 bridgehead atoms. The van der Waals surface area contributed by atoms with Crippen LogP contribution < -0.4 is 0 Å². The Morgan fingerprint density at radius 1 is 1.42 bits per heavy atom. The maximum Gasteiger partial charge on any atom is 0.245 e. The molecule has 1 fully saturated rings. The molecule has 0 aromatic heterocycles. The summed E-state index contributed by atoms with van der Waals surface area (Å²) in [4.78, 5) is 4.39. The highest BCUT2D eigenvalue weighted by atomic mass is 32.2. The first-order chi connectivity index (χ1) is 5.90. The van der Waals surface area contributed by atoms with E-state index in [1.807, 2.05) is 6.26 Å². The average molecular weight is 185 g/mol. The molecule has 3 heteroatoms. The second-order valence-corrected chi connectivity index (χ2v) is 4.27. The van der Waals surface area contributed by atoms with Crippen molar-refractivity contribution >= 4 is 17.0 Å². The van der Waals surface area contributed by atoms with E-state index in [1.54, 1.807) is 11.8 Å². The second-order valence-electron chi connectivity index (χ2n) is 3.51. The summed E-state index contributed by atoms with van der Waals surface area (Å²) in [5.74, 6) is 0.717. The third-order valence-corrected chi connectivity index (χ3v) is 3.30. The number of rotatable bonds is 0. The number of nitrogens with zero attached hydrogens (tertiary/aromatic N) is 1. The smallest absolute Gasteiger partial charge is 0.245 e. The Labute approximate surface area is 77.8 Å². The standard InChI is InChI=1S/C9H15NOS/c1-12-9-10-6-7-4-2-3-5-8(7)11-9/h7-8H,2-6H2,1H3/t7-,8+/m1/s1. The van der Waals surface area contributed by atoms with Crippen molar-refractivity contribution in [3.8, 4) is 0 Å². The molecule has 0 N–H and O–H groups in total. The molecule has 68 valence electrons. The largest absolute Gasteiger partial charge is 0.469 e. The summed E-state index contributed by atoms with van der Waals surface area (Å²) in [5, 5.41) is 0.901. The van der Waals surface area contributed by atoms with Crippen LogP contribution in [0.3, 0.4) is 0 Å². The van der Waals surface area contributed by atoms with E-state index in [0.717, 1.165) is 17.7 Å². The van der Waals surface area contributed by atoms with Crippen LogP contribution in [0, 0.1) is 5.92 Å². The van der Waals surface area contributed by atoms with Gasteiger partial charge in [0, 0.05) is 12.5 Å². The van der Waals surface area contributed by atoms with Crippen molar-refractivity contribution in [1.82, 2.24) is 0 Å². The third kappa shape index (κ3) is 1.60. The lowest BCUT2D eigenvalue weighted by Gasteiger charge is -2.34.